The van der Waals surface area contributed by atoms with E-state index in [2.05, 4.69) is 5.32 Å². The number of amides is 1. The second-order valence-corrected chi connectivity index (χ2v) is 5.83. The van der Waals surface area contributed by atoms with E-state index in [1.165, 1.54) is 17.7 Å². The highest BCUT2D eigenvalue weighted by Gasteiger charge is 2.18. The highest BCUT2D eigenvalue weighted by Crippen LogP contribution is 2.17. The maximum atomic E-state index is 13.2. The van der Waals surface area contributed by atoms with Crippen LogP contribution >= 0.6 is 12.4 Å². The summed E-state index contributed by atoms with van der Waals surface area (Å²) in [5.74, 6) is -1.39. The molecule has 122 valence electrons. The first-order valence-electron chi connectivity index (χ1n) is 5.87. The lowest BCUT2D eigenvalue weighted by atomic mass is 10.2. The topological polar surface area (TPSA) is 112 Å². The van der Waals surface area contributed by atoms with Crippen molar-refractivity contribution in [1.82, 2.24) is 4.57 Å². The van der Waals surface area contributed by atoms with Crippen LogP contribution in [0.1, 0.15) is 16.1 Å². The van der Waals surface area contributed by atoms with Crippen LogP contribution in [0.3, 0.4) is 0 Å². The fraction of sp³-hybridized carbons (Fsp3) is 0.0769. The summed E-state index contributed by atoms with van der Waals surface area (Å²) in [6, 6.07) is 6.09. The number of aryl methyl sites for hydroxylation is 1. The lowest BCUT2D eigenvalue weighted by molar-refractivity contribution is 0.101. The van der Waals surface area contributed by atoms with Gasteiger partial charge < -0.3 is 9.88 Å². The van der Waals surface area contributed by atoms with Crippen LogP contribution in [-0.2, 0) is 17.2 Å². The van der Waals surface area contributed by atoms with Gasteiger partial charge in [-0.15, -0.1) is 12.4 Å². The summed E-state index contributed by atoms with van der Waals surface area (Å²) in [6.07, 6.45) is 1.08. The second-order valence-electron chi connectivity index (χ2n) is 4.41. The molecule has 0 unspecified atom stereocenters. The van der Waals surface area contributed by atoms with Crippen LogP contribution in [0.15, 0.2) is 35.4 Å². The van der Waals surface area contributed by atoms with Gasteiger partial charge in [0.25, 0.3) is 16.0 Å². The van der Waals surface area contributed by atoms with E-state index in [9.17, 15) is 17.6 Å². The van der Waals surface area contributed by atoms with E-state index in [-0.39, 0.29) is 29.4 Å². The molecule has 23 heavy (non-hydrogen) atoms. The summed E-state index contributed by atoms with van der Waals surface area (Å²) in [5, 5.41) is 11.1. The molecule has 0 radical (unpaired) electrons. The number of carbonyl (C=O) groups excluding carboxylic acids is 1. The number of aromatic nitrogens is 1. The lowest BCUT2D eigenvalue weighted by Crippen LogP contribution is -2.15. The molecule has 10 heteroatoms. The van der Waals surface area contributed by atoms with Crippen molar-refractivity contribution in [2.24, 2.45) is 7.05 Å². The molecule has 7 nitrogen and oxygen atoms in total. The molecule has 1 aromatic heterocycles. The Morgan fingerprint density at radius 2 is 2.04 bits per heavy atom. The molecule has 2 rings (SSSR count). The number of halogens is 2. The molecular formula is C13H11ClFN3O4S. The van der Waals surface area contributed by atoms with Gasteiger partial charge >= 0.3 is 0 Å². The van der Waals surface area contributed by atoms with Gasteiger partial charge in [0.1, 0.15) is 22.5 Å². The van der Waals surface area contributed by atoms with Crippen molar-refractivity contribution >= 4 is 34.1 Å². The van der Waals surface area contributed by atoms with E-state index < -0.39 is 26.7 Å². The molecular weight excluding hydrogens is 349 g/mol. The highest BCUT2D eigenvalue weighted by molar-refractivity contribution is 7.85. The molecule has 0 aliphatic rings. The minimum Gasteiger partial charge on any atom is -0.345 e. The summed E-state index contributed by atoms with van der Waals surface area (Å²) in [7, 11) is -3.00. The van der Waals surface area contributed by atoms with Gasteiger partial charge in [0.15, 0.2) is 0 Å². The van der Waals surface area contributed by atoms with Gasteiger partial charge in [0.2, 0.25) is 0 Å². The largest absolute Gasteiger partial charge is 0.345 e. The molecule has 0 bridgehead atoms. The molecule has 0 atom stereocenters. The first-order chi connectivity index (χ1) is 10.2. The van der Waals surface area contributed by atoms with E-state index in [1.54, 1.807) is 6.07 Å². The van der Waals surface area contributed by atoms with E-state index in [1.807, 2.05) is 0 Å². The average Bonchev–Trinajstić information content (AvgIpc) is 2.83. The maximum absolute atomic E-state index is 13.2. The lowest BCUT2D eigenvalue weighted by Gasteiger charge is -2.06. The van der Waals surface area contributed by atoms with Crippen molar-refractivity contribution in [2.75, 3.05) is 5.32 Å². The van der Waals surface area contributed by atoms with Crippen molar-refractivity contribution in [3.05, 3.63) is 47.5 Å². The van der Waals surface area contributed by atoms with Crippen molar-refractivity contribution in [3.8, 4) is 6.07 Å². The molecule has 0 saturated heterocycles. The fourth-order valence-corrected chi connectivity index (χ4v) is 2.34. The Bertz CT molecular complexity index is 902. The Balaban J connectivity index is 0.00000264. The van der Waals surface area contributed by atoms with E-state index >= 15 is 0 Å². The summed E-state index contributed by atoms with van der Waals surface area (Å²) >= 11 is 0. The Hall–Kier alpha value is -2.41. The molecule has 0 aliphatic carbocycles. The van der Waals surface area contributed by atoms with Gasteiger partial charge in [-0.2, -0.15) is 13.7 Å². The molecule has 1 amide bonds. The van der Waals surface area contributed by atoms with Crippen LogP contribution in [0, 0.1) is 17.1 Å². The molecule has 1 heterocycles. The zero-order valence-electron chi connectivity index (χ0n) is 11.6. The summed E-state index contributed by atoms with van der Waals surface area (Å²) in [6.45, 7) is 0. The number of carbonyl (C=O) groups is 1. The number of nitriles is 1. The quantitative estimate of drug-likeness (QED) is 0.813. The SMILES string of the molecule is Cl.Cn1cc(S(=O)(=O)O)cc1C(=O)Nc1ccc(F)c(C#N)c1. The van der Waals surface area contributed by atoms with E-state index in [0.29, 0.717) is 0 Å². The average molecular weight is 360 g/mol. The molecule has 0 aliphatic heterocycles. The molecule has 0 saturated carbocycles. The normalized spacial score (nSPS) is 10.5. The number of benzene rings is 1. The Labute approximate surface area is 137 Å². The van der Waals surface area contributed by atoms with Crippen LogP contribution in [0.4, 0.5) is 10.1 Å². The van der Waals surface area contributed by atoms with Crippen LogP contribution in [-0.4, -0.2) is 23.4 Å². The predicted molar refractivity (Wildman–Crippen MR) is 81.5 cm³/mol. The predicted octanol–water partition coefficient (Wildman–Crippen LogP) is 1.96. The van der Waals surface area contributed by atoms with Gasteiger partial charge in [-0.3, -0.25) is 9.35 Å². The number of hydrogen-bond acceptors (Lipinski definition) is 4. The van der Waals surface area contributed by atoms with Crippen LogP contribution < -0.4 is 5.32 Å². The van der Waals surface area contributed by atoms with Crippen molar-refractivity contribution in [2.45, 2.75) is 4.90 Å². The van der Waals surface area contributed by atoms with E-state index in [0.717, 1.165) is 24.4 Å². The third-order valence-corrected chi connectivity index (χ3v) is 3.67. The van der Waals surface area contributed by atoms with Crippen LogP contribution in [0.2, 0.25) is 0 Å². The van der Waals surface area contributed by atoms with Gasteiger partial charge in [0.05, 0.1) is 5.56 Å². The van der Waals surface area contributed by atoms with Crippen LogP contribution in [0.25, 0.3) is 0 Å². The number of anilines is 1. The second kappa shape index (κ2) is 6.78. The zero-order valence-corrected chi connectivity index (χ0v) is 13.3. The van der Waals surface area contributed by atoms with Gasteiger partial charge in [-0.25, -0.2) is 4.39 Å². The highest BCUT2D eigenvalue weighted by atomic mass is 35.5. The van der Waals surface area contributed by atoms with Crippen molar-refractivity contribution < 1.29 is 22.2 Å². The van der Waals surface area contributed by atoms with Gasteiger partial charge in [-0.1, -0.05) is 0 Å². The van der Waals surface area contributed by atoms with Crippen molar-refractivity contribution in [3.63, 3.8) is 0 Å². The molecule has 0 fully saturated rings. The molecule has 0 spiro atoms. The first-order valence-corrected chi connectivity index (χ1v) is 7.31. The minimum absolute atomic E-state index is 0. The minimum atomic E-state index is -4.42. The number of nitrogens with zero attached hydrogens (tertiary/aromatic N) is 2. The Morgan fingerprint density at radius 1 is 1.39 bits per heavy atom. The Morgan fingerprint density at radius 3 is 2.57 bits per heavy atom. The molecule has 1 aromatic carbocycles. The summed E-state index contributed by atoms with van der Waals surface area (Å²) in [4.78, 5) is 11.7. The number of rotatable bonds is 3. The van der Waals surface area contributed by atoms with E-state index in [4.69, 9.17) is 9.81 Å². The summed E-state index contributed by atoms with van der Waals surface area (Å²) in [5.41, 5.74) is -0.0867. The first kappa shape index (κ1) is 18.6. The van der Waals surface area contributed by atoms with Crippen LogP contribution in [0.5, 0.6) is 0 Å². The fourth-order valence-electron chi connectivity index (χ4n) is 1.78. The standard InChI is InChI=1S/C13H10FN3O4S.ClH/c1-17-7-10(22(19,20)21)5-12(17)13(18)16-9-2-3-11(14)8(4-9)6-15;/h2-5,7H,1H3,(H,16,18)(H,19,20,21);1H. The monoisotopic (exact) mass is 359 g/mol. The zero-order chi connectivity index (χ0) is 16.5. The summed E-state index contributed by atoms with van der Waals surface area (Å²) < 4.78 is 45.4. The molecule has 2 aromatic rings. The molecule has 2 N–H and O–H groups in total. The smallest absolute Gasteiger partial charge is 0.296 e. The maximum Gasteiger partial charge on any atom is 0.296 e. The van der Waals surface area contributed by atoms with Crippen molar-refractivity contribution in [1.29, 1.82) is 5.26 Å². The third-order valence-electron chi connectivity index (χ3n) is 2.86. The van der Waals surface area contributed by atoms with Gasteiger partial charge in [-0.05, 0) is 24.3 Å². The Kier molecular flexibility index (Phi) is 5.50. The number of nitrogens with one attached hydrogen (secondary N) is 1. The third kappa shape index (κ3) is 4.07. The number of hydrogen-bond donors (Lipinski definition) is 2. The van der Waals surface area contributed by atoms with Gasteiger partial charge in [0, 0.05) is 18.9 Å².